The number of halogens is 3. The standard InChI is InChI=1S/C18H19F3N4O2/c1-13-5-6-16(23-22-13)24-7-9-25(10-8-24)17(26)12-27-15-4-2-3-14(11-15)18(19,20)21/h2-6,11H,7-10,12H2,1H3. The minimum atomic E-state index is -4.45. The second kappa shape index (κ2) is 7.81. The van der Waals surface area contributed by atoms with Gasteiger partial charge in [0.1, 0.15) is 5.75 Å². The second-order valence-electron chi connectivity index (χ2n) is 6.22. The fourth-order valence-electron chi connectivity index (χ4n) is 2.74. The zero-order valence-electron chi connectivity index (χ0n) is 14.7. The summed E-state index contributed by atoms with van der Waals surface area (Å²) in [6.45, 7) is 3.74. The molecular weight excluding hydrogens is 361 g/mol. The zero-order chi connectivity index (χ0) is 19.4. The van der Waals surface area contributed by atoms with E-state index < -0.39 is 11.7 Å². The van der Waals surface area contributed by atoms with Crippen molar-refractivity contribution >= 4 is 11.7 Å². The van der Waals surface area contributed by atoms with E-state index in [1.165, 1.54) is 12.1 Å². The summed E-state index contributed by atoms with van der Waals surface area (Å²) in [5.41, 5.74) is 0.0274. The van der Waals surface area contributed by atoms with Crippen LogP contribution in [0.5, 0.6) is 5.75 Å². The van der Waals surface area contributed by atoms with Crippen LogP contribution in [-0.2, 0) is 11.0 Å². The number of anilines is 1. The SMILES string of the molecule is Cc1ccc(N2CCN(C(=O)COc3cccc(C(F)(F)F)c3)CC2)nn1. The normalized spacial score (nSPS) is 15.0. The van der Waals surface area contributed by atoms with Gasteiger partial charge in [-0.1, -0.05) is 6.07 Å². The summed E-state index contributed by atoms with van der Waals surface area (Å²) in [7, 11) is 0. The van der Waals surface area contributed by atoms with Gasteiger partial charge in [-0.05, 0) is 37.3 Å². The molecular formula is C18H19F3N4O2. The monoisotopic (exact) mass is 380 g/mol. The Balaban J connectivity index is 1.51. The predicted octanol–water partition coefficient (Wildman–Crippen LogP) is 2.53. The third kappa shape index (κ3) is 4.87. The molecule has 2 heterocycles. The van der Waals surface area contributed by atoms with E-state index >= 15 is 0 Å². The largest absolute Gasteiger partial charge is 0.484 e. The highest BCUT2D eigenvalue weighted by molar-refractivity contribution is 5.78. The molecule has 0 saturated carbocycles. The van der Waals surface area contributed by atoms with Crippen molar-refractivity contribution < 1.29 is 22.7 Å². The van der Waals surface area contributed by atoms with Crippen molar-refractivity contribution in [1.82, 2.24) is 15.1 Å². The first kappa shape index (κ1) is 18.9. The molecule has 1 aliphatic heterocycles. The number of amides is 1. The van der Waals surface area contributed by atoms with Gasteiger partial charge in [0.2, 0.25) is 0 Å². The molecule has 0 spiro atoms. The Hall–Kier alpha value is -2.84. The maximum Gasteiger partial charge on any atom is 0.416 e. The topological polar surface area (TPSA) is 58.6 Å². The Morgan fingerprint density at radius 1 is 1.11 bits per heavy atom. The highest BCUT2D eigenvalue weighted by atomic mass is 19.4. The number of aryl methyl sites for hydroxylation is 1. The van der Waals surface area contributed by atoms with Crippen molar-refractivity contribution in [1.29, 1.82) is 0 Å². The molecule has 2 aromatic rings. The number of nitrogens with zero attached hydrogens (tertiary/aromatic N) is 4. The minimum absolute atomic E-state index is 0.0201. The van der Waals surface area contributed by atoms with E-state index in [0.29, 0.717) is 26.2 Å². The molecule has 1 aliphatic rings. The average Bonchev–Trinajstić information content (AvgIpc) is 2.66. The zero-order valence-corrected chi connectivity index (χ0v) is 14.7. The van der Waals surface area contributed by atoms with Crippen LogP contribution in [0.3, 0.4) is 0 Å². The van der Waals surface area contributed by atoms with E-state index in [1.54, 1.807) is 4.90 Å². The van der Waals surface area contributed by atoms with Gasteiger partial charge in [-0.2, -0.15) is 18.3 Å². The molecule has 27 heavy (non-hydrogen) atoms. The number of piperazine rings is 1. The molecule has 0 unspecified atom stereocenters. The van der Waals surface area contributed by atoms with E-state index in [0.717, 1.165) is 23.6 Å². The average molecular weight is 380 g/mol. The first-order valence-electron chi connectivity index (χ1n) is 8.46. The number of hydrogen-bond donors (Lipinski definition) is 0. The maximum absolute atomic E-state index is 12.7. The molecule has 1 saturated heterocycles. The smallest absolute Gasteiger partial charge is 0.416 e. The van der Waals surface area contributed by atoms with Crippen molar-refractivity contribution in [3.8, 4) is 5.75 Å². The molecule has 0 radical (unpaired) electrons. The summed E-state index contributed by atoms with van der Waals surface area (Å²) in [4.78, 5) is 15.9. The molecule has 0 N–H and O–H groups in total. The number of hydrogen-bond acceptors (Lipinski definition) is 5. The third-order valence-electron chi connectivity index (χ3n) is 4.26. The van der Waals surface area contributed by atoms with Gasteiger partial charge in [-0.3, -0.25) is 4.79 Å². The highest BCUT2D eigenvalue weighted by Gasteiger charge is 2.30. The molecule has 0 atom stereocenters. The van der Waals surface area contributed by atoms with Gasteiger partial charge in [0.25, 0.3) is 5.91 Å². The van der Waals surface area contributed by atoms with Crippen molar-refractivity contribution in [3.05, 3.63) is 47.7 Å². The lowest BCUT2D eigenvalue weighted by Crippen LogP contribution is -2.50. The number of alkyl halides is 3. The Kier molecular flexibility index (Phi) is 5.48. The molecule has 144 valence electrons. The van der Waals surface area contributed by atoms with Gasteiger partial charge in [0.15, 0.2) is 12.4 Å². The Morgan fingerprint density at radius 3 is 2.48 bits per heavy atom. The molecule has 6 nitrogen and oxygen atoms in total. The molecule has 1 amide bonds. The molecule has 9 heteroatoms. The van der Waals surface area contributed by atoms with Crippen molar-refractivity contribution in [2.75, 3.05) is 37.7 Å². The molecule has 0 aliphatic carbocycles. The van der Waals surface area contributed by atoms with Crippen LogP contribution in [0.2, 0.25) is 0 Å². The summed E-state index contributed by atoms with van der Waals surface area (Å²) in [5, 5.41) is 8.16. The first-order chi connectivity index (χ1) is 12.8. The minimum Gasteiger partial charge on any atom is -0.484 e. The van der Waals surface area contributed by atoms with Crippen LogP contribution in [0.15, 0.2) is 36.4 Å². The van der Waals surface area contributed by atoms with E-state index in [1.807, 2.05) is 24.0 Å². The van der Waals surface area contributed by atoms with Gasteiger partial charge in [0.05, 0.1) is 11.3 Å². The van der Waals surface area contributed by atoms with E-state index in [4.69, 9.17) is 4.74 Å². The Morgan fingerprint density at radius 2 is 1.85 bits per heavy atom. The van der Waals surface area contributed by atoms with Gasteiger partial charge in [0, 0.05) is 26.2 Å². The van der Waals surface area contributed by atoms with Gasteiger partial charge < -0.3 is 14.5 Å². The van der Waals surface area contributed by atoms with Gasteiger partial charge in [-0.15, -0.1) is 5.10 Å². The highest BCUT2D eigenvalue weighted by Crippen LogP contribution is 2.31. The number of aromatic nitrogens is 2. The number of ether oxygens (including phenoxy) is 1. The maximum atomic E-state index is 12.7. The molecule has 1 aromatic carbocycles. The van der Waals surface area contributed by atoms with Crippen molar-refractivity contribution in [3.63, 3.8) is 0 Å². The van der Waals surface area contributed by atoms with Crippen LogP contribution in [0.25, 0.3) is 0 Å². The molecule has 0 bridgehead atoms. The van der Waals surface area contributed by atoms with Crippen molar-refractivity contribution in [2.24, 2.45) is 0 Å². The number of carbonyl (C=O) groups excluding carboxylic acids is 1. The van der Waals surface area contributed by atoms with Crippen molar-refractivity contribution in [2.45, 2.75) is 13.1 Å². The van der Waals surface area contributed by atoms with Crippen LogP contribution in [-0.4, -0.2) is 53.8 Å². The lowest BCUT2D eigenvalue weighted by molar-refractivity contribution is -0.137. The van der Waals surface area contributed by atoms with Crippen LogP contribution >= 0.6 is 0 Å². The number of benzene rings is 1. The molecule has 3 rings (SSSR count). The summed E-state index contributed by atoms with van der Waals surface area (Å²) >= 11 is 0. The second-order valence-corrected chi connectivity index (χ2v) is 6.22. The molecule has 1 aromatic heterocycles. The summed E-state index contributed by atoms with van der Waals surface area (Å²) < 4.78 is 43.4. The summed E-state index contributed by atoms with van der Waals surface area (Å²) in [6, 6.07) is 8.27. The molecule has 1 fully saturated rings. The number of rotatable bonds is 4. The van der Waals surface area contributed by atoms with E-state index in [9.17, 15) is 18.0 Å². The summed E-state index contributed by atoms with van der Waals surface area (Å²) in [6.07, 6.45) is -4.45. The Labute approximate surface area is 154 Å². The van der Waals surface area contributed by atoms with Gasteiger partial charge in [-0.25, -0.2) is 0 Å². The lowest BCUT2D eigenvalue weighted by atomic mass is 10.2. The van der Waals surface area contributed by atoms with Crippen LogP contribution in [0.1, 0.15) is 11.3 Å². The fourth-order valence-corrected chi connectivity index (χ4v) is 2.74. The fraction of sp³-hybridized carbons (Fsp3) is 0.389. The Bertz CT molecular complexity index is 788. The van der Waals surface area contributed by atoms with Gasteiger partial charge >= 0.3 is 6.18 Å². The van der Waals surface area contributed by atoms with Crippen LogP contribution < -0.4 is 9.64 Å². The first-order valence-corrected chi connectivity index (χ1v) is 8.46. The van der Waals surface area contributed by atoms with E-state index in [2.05, 4.69) is 10.2 Å². The van der Waals surface area contributed by atoms with E-state index in [-0.39, 0.29) is 18.3 Å². The lowest BCUT2D eigenvalue weighted by Gasteiger charge is -2.35. The number of carbonyl (C=O) groups is 1. The predicted molar refractivity (Wildman–Crippen MR) is 92.5 cm³/mol. The quantitative estimate of drug-likeness (QED) is 0.816. The summed E-state index contributed by atoms with van der Waals surface area (Å²) in [5.74, 6) is 0.515. The third-order valence-corrected chi connectivity index (χ3v) is 4.26. The van der Waals surface area contributed by atoms with Crippen LogP contribution in [0.4, 0.5) is 19.0 Å². The van der Waals surface area contributed by atoms with Crippen LogP contribution in [0, 0.1) is 6.92 Å².